The number of carbonyl (C=O) groups is 1. The van der Waals surface area contributed by atoms with Gasteiger partial charge in [0.1, 0.15) is 17.7 Å². The largest absolute Gasteiger partial charge is 0.496 e. The van der Waals surface area contributed by atoms with Gasteiger partial charge in [0.05, 0.1) is 19.0 Å². The molecule has 2 aromatic heterocycles. The highest BCUT2D eigenvalue weighted by Crippen LogP contribution is 2.21. The first-order valence-electron chi connectivity index (χ1n) is 7.54. The molecule has 128 valence electrons. The van der Waals surface area contributed by atoms with Crippen molar-refractivity contribution in [2.75, 3.05) is 12.8 Å². The highest BCUT2D eigenvalue weighted by molar-refractivity contribution is 5.96. The molecule has 0 fully saturated rings. The van der Waals surface area contributed by atoms with Gasteiger partial charge in [0.25, 0.3) is 5.91 Å². The van der Waals surface area contributed by atoms with Crippen molar-refractivity contribution < 1.29 is 13.9 Å². The molecular weight excluding hydrogens is 322 g/mol. The molecule has 0 aliphatic carbocycles. The molecule has 1 amide bonds. The third kappa shape index (κ3) is 3.42. The molecule has 0 aliphatic heterocycles. The molecule has 8 heteroatoms. The minimum Gasteiger partial charge on any atom is -0.496 e. The average Bonchev–Trinajstić information content (AvgIpc) is 3.16. The first-order chi connectivity index (χ1) is 12.1. The summed E-state index contributed by atoms with van der Waals surface area (Å²) < 4.78 is 10.5. The van der Waals surface area contributed by atoms with Gasteiger partial charge in [-0.2, -0.15) is 0 Å². The van der Waals surface area contributed by atoms with Crippen LogP contribution < -0.4 is 15.8 Å². The lowest BCUT2D eigenvalue weighted by Crippen LogP contribution is -2.26. The van der Waals surface area contributed by atoms with Gasteiger partial charge in [0, 0.05) is 12.1 Å². The second-order valence-corrected chi connectivity index (χ2v) is 5.22. The maximum atomic E-state index is 12.4. The molecule has 1 aromatic carbocycles. The van der Waals surface area contributed by atoms with Crippen LogP contribution in [-0.4, -0.2) is 28.0 Å². The van der Waals surface area contributed by atoms with E-state index in [2.05, 4.69) is 20.3 Å². The summed E-state index contributed by atoms with van der Waals surface area (Å²) in [6.45, 7) is 1.99. The fourth-order valence-electron chi connectivity index (χ4n) is 2.35. The number of benzene rings is 1. The Morgan fingerprint density at radius 1 is 1.32 bits per heavy atom. The summed E-state index contributed by atoms with van der Waals surface area (Å²) in [5.74, 6) is 0.587. The summed E-state index contributed by atoms with van der Waals surface area (Å²) in [6.07, 6.45) is 2.93. The lowest BCUT2D eigenvalue weighted by atomic mass is 10.2. The van der Waals surface area contributed by atoms with Crippen molar-refractivity contribution >= 4 is 11.7 Å². The van der Waals surface area contributed by atoms with Gasteiger partial charge in [-0.15, -0.1) is 0 Å². The molecule has 3 aromatic rings. The fourth-order valence-corrected chi connectivity index (χ4v) is 2.35. The van der Waals surface area contributed by atoms with Gasteiger partial charge in [-0.05, 0) is 13.0 Å². The summed E-state index contributed by atoms with van der Waals surface area (Å²) in [5.41, 5.74) is 7.70. The van der Waals surface area contributed by atoms with Crippen LogP contribution in [0.3, 0.4) is 0 Å². The zero-order chi connectivity index (χ0) is 17.8. The molecule has 0 radical (unpaired) electrons. The van der Waals surface area contributed by atoms with Crippen LogP contribution in [0, 0.1) is 6.92 Å². The standard InChI is InChI=1S/C17H17N5O3/c1-10-13(17-19-7-8-25-17)22-15(18)14(21-10)16(23)20-9-11-5-3-4-6-12(11)24-2/h3-8H,9H2,1-2H3,(H2,18,22)(H,20,23). The highest BCUT2D eigenvalue weighted by atomic mass is 16.5. The molecule has 0 saturated heterocycles. The number of anilines is 1. The van der Waals surface area contributed by atoms with Crippen LogP contribution in [0.2, 0.25) is 0 Å². The van der Waals surface area contributed by atoms with Crippen LogP contribution >= 0.6 is 0 Å². The number of para-hydroxylation sites is 1. The summed E-state index contributed by atoms with van der Waals surface area (Å²) >= 11 is 0. The van der Waals surface area contributed by atoms with Crippen LogP contribution in [0.15, 0.2) is 41.1 Å². The van der Waals surface area contributed by atoms with Gasteiger partial charge in [0.2, 0.25) is 5.89 Å². The van der Waals surface area contributed by atoms with E-state index in [1.165, 1.54) is 12.5 Å². The maximum absolute atomic E-state index is 12.4. The van der Waals surface area contributed by atoms with Crippen LogP contribution in [0.25, 0.3) is 11.6 Å². The number of hydrogen-bond acceptors (Lipinski definition) is 7. The number of nitrogen functional groups attached to an aromatic ring is 1. The van der Waals surface area contributed by atoms with Crippen molar-refractivity contribution in [2.45, 2.75) is 13.5 Å². The van der Waals surface area contributed by atoms with Crippen LogP contribution in [-0.2, 0) is 6.54 Å². The maximum Gasteiger partial charge on any atom is 0.274 e. The van der Waals surface area contributed by atoms with E-state index < -0.39 is 5.91 Å². The van der Waals surface area contributed by atoms with Gasteiger partial charge in [-0.25, -0.2) is 15.0 Å². The Balaban J connectivity index is 1.79. The number of aryl methyl sites for hydroxylation is 1. The third-order valence-electron chi connectivity index (χ3n) is 3.58. The summed E-state index contributed by atoms with van der Waals surface area (Å²) in [7, 11) is 1.58. The molecule has 25 heavy (non-hydrogen) atoms. The van der Waals surface area contributed by atoms with E-state index in [0.717, 1.165) is 5.56 Å². The Hall–Kier alpha value is -3.42. The Labute approximate surface area is 144 Å². The van der Waals surface area contributed by atoms with E-state index in [0.29, 0.717) is 23.0 Å². The van der Waals surface area contributed by atoms with E-state index in [1.54, 1.807) is 14.0 Å². The van der Waals surface area contributed by atoms with Crippen molar-refractivity contribution in [3.8, 4) is 17.3 Å². The molecular formula is C17H17N5O3. The number of aromatic nitrogens is 3. The number of oxazole rings is 1. The predicted octanol–water partition coefficient (Wildman–Crippen LogP) is 1.96. The van der Waals surface area contributed by atoms with Crippen molar-refractivity contribution in [1.29, 1.82) is 0 Å². The van der Waals surface area contributed by atoms with E-state index in [1.807, 2.05) is 24.3 Å². The number of hydrogen-bond donors (Lipinski definition) is 2. The zero-order valence-corrected chi connectivity index (χ0v) is 13.8. The second kappa shape index (κ2) is 7.00. The number of carbonyl (C=O) groups excluding carboxylic acids is 1. The van der Waals surface area contributed by atoms with Crippen molar-refractivity contribution in [1.82, 2.24) is 20.3 Å². The summed E-state index contributed by atoms with van der Waals surface area (Å²) in [4.78, 5) is 24.9. The lowest BCUT2D eigenvalue weighted by Gasteiger charge is -2.11. The number of nitrogens with two attached hydrogens (primary N) is 1. The quantitative estimate of drug-likeness (QED) is 0.730. The molecule has 0 saturated carbocycles. The molecule has 0 bridgehead atoms. The SMILES string of the molecule is COc1ccccc1CNC(=O)c1nc(C)c(-c2ncco2)nc1N. The van der Waals surface area contributed by atoms with Crippen LogP contribution in [0.1, 0.15) is 21.7 Å². The average molecular weight is 339 g/mol. The second-order valence-electron chi connectivity index (χ2n) is 5.22. The van der Waals surface area contributed by atoms with E-state index in [9.17, 15) is 4.79 Å². The number of nitrogens with one attached hydrogen (secondary N) is 1. The lowest BCUT2D eigenvalue weighted by molar-refractivity contribution is 0.0946. The Kier molecular flexibility index (Phi) is 4.60. The molecule has 8 nitrogen and oxygen atoms in total. The van der Waals surface area contributed by atoms with Crippen molar-refractivity contribution in [3.05, 3.63) is 53.7 Å². The molecule has 3 rings (SSSR count). The number of ether oxygens (including phenoxy) is 1. The normalized spacial score (nSPS) is 10.5. The number of methoxy groups -OCH3 is 1. The predicted molar refractivity (Wildman–Crippen MR) is 90.8 cm³/mol. The molecule has 0 unspecified atom stereocenters. The van der Waals surface area contributed by atoms with Crippen molar-refractivity contribution in [2.24, 2.45) is 0 Å². The molecule has 2 heterocycles. The van der Waals surface area contributed by atoms with Gasteiger partial charge in [0.15, 0.2) is 11.5 Å². The smallest absolute Gasteiger partial charge is 0.274 e. The number of nitrogens with zero attached hydrogens (tertiary/aromatic N) is 3. The summed E-state index contributed by atoms with van der Waals surface area (Å²) in [6, 6.07) is 7.42. The summed E-state index contributed by atoms with van der Waals surface area (Å²) in [5, 5.41) is 2.77. The fraction of sp³-hybridized carbons (Fsp3) is 0.176. The van der Waals surface area contributed by atoms with Crippen LogP contribution in [0.4, 0.5) is 5.82 Å². The zero-order valence-electron chi connectivity index (χ0n) is 13.8. The Bertz CT molecular complexity index is 893. The first kappa shape index (κ1) is 16.4. The van der Waals surface area contributed by atoms with Gasteiger partial charge < -0.3 is 20.2 Å². The molecule has 0 atom stereocenters. The Morgan fingerprint density at radius 3 is 2.84 bits per heavy atom. The van der Waals surface area contributed by atoms with Crippen LogP contribution in [0.5, 0.6) is 5.75 Å². The van der Waals surface area contributed by atoms with E-state index in [4.69, 9.17) is 14.9 Å². The van der Waals surface area contributed by atoms with Gasteiger partial charge in [-0.1, -0.05) is 18.2 Å². The van der Waals surface area contributed by atoms with Crippen molar-refractivity contribution in [3.63, 3.8) is 0 Å². The first-order valence-corrected chi connectivity index (χ1v) is 7.54. The molecule has 0 spiro atoms. The monoisotopic (exact) mass is 339 g/mol. The topological polar surface area (TPSA) is 116 Å². The van der Waals surface area contributed by atoms with Gasteiger partial charge >= 0.3 is 0 Å². The number of amides is 1. The third-order valence-corrected chi connectivity index (χ3v) is 3.58. The minimum absolute atomic E-state index is 0.0105. The number of rotatable bonds is 5. The van der Waals surface area contributed by atoms with E-state index in [-0.39, 0.29) is 18.1 Å². The molecule has 0 aliphatic rings. The van der Waals surface area contributed by atoms with E-state index >= 15 is 0 Å². The van der Waals surface area contributed by atoms with Gasteiger partial charge in [-0.3, -0.25) is 4.79 Å². The highest BCUT2D eigenvalue weighted by Gasteiger charge is 2.18. The minimum atomic E-state index is -0.419. The Morgan fingerprint density at radius 2 is 2.12 bits per heavy atom. The molecule has 3 N–H and O–H groups in total.